The zero-order chi connectivity index (χ0) is 18.7. The van der Waals surface area contributed by atoms with E-state index >= 15 is 0 Å². The Labute approximate surface area is 175 Å². The third kappa shape index (κ3) is 4.82. The number of para-hydroxylation sites is 1. The van der Waals surface area contributed by atoms with E-state index in [0.717, 1.165) is 37.9 Å². The Balaban J connectivity index is 0.00000261. The third-order valence-electron chi connectivity index (χ3n) is 4.19. The van der Waals surface area contributed by atoms with Crippen LogP contribution in [0.5, 0.6) is 0 Å². The van der Waals surface area contributed by atoms with Crippen LogP contribution in [0, 0.1) is 6.92 Å². The second-order valence-electron chi connectivity index (χ2n) is 6.38. The number of likely N-dealkylation sites (N-methyl/N-ethyl adjacent to an activating group) is 1. The monoisotopic (exact) mass is 421 g/mol. The van der Waals surface area contributed by atoms with Gasteiger partial charge in [0.05, 0.1) is 15.8 Å². The topological polar surface area (TPSA) is 36.4 Å². The summed E-state index contributed by atoms with van der Waals surface area (Å²) in [6.45, 7) is 3.44. The lowest BCUT2D eigenvalue weighted by Gasteiger charge is -2.22. The van der Waals surface area contributed by atoms with Crippen LogP contribution in [-0.2, 0) is 0 Å². The molecule has 1 amide bonds. The zero-order valence-corrected chi connectivity index (χ0v) is 18.4. The summed E-state index contributed by atoms with van der Waals surface area (Å²) in [5.41, 5.74) is 2.84. The Kier molecular flexibility index (Phi) is 7.68. The van der Waals surface area contributed by atoms with Crippen molar-refractivity contribution in [1.82, 2.24) is 9.88 Å². The van der Waals surface area contributed by atoms with Gasteiger partial charge in [0.2, 0.25) is 0 Å². The van der Waals surface area contributed by atoms with Crippen molar-refractivity contribution in [2.75, 3.05) is 38.3 Å². The largest absolute Gasteiger partial charge is 0.308 e. The summed E-state index contributed by atoms with van der Waals surface area (Å²) in [5.74, 6) is 0.00788. The Morgan fingerprint density at radius 3 is 2.52 bits per heavy atom. The molecule has 1 aromatic heterocycles. The highest BCUT2D eigenvalue weighted by Gasteiger charge is 2.23. The Hall–Kier alpha value is -1.60. The lowest BCUT2D eigenvalue weighted by molar-refractivity contribution is 0.0982. The first-order valence-corrected chi connectivity index (χ1v) is 10.5. The van der Waals surface area contributed by atoms with E-state index in [-0.39, 0.29) is 18.3 Å². The van der Waals surface area contributed by atoms with Crippen LogP contribution in [0.4, 0.5) is 5.13 Å². The van der Waals surface area contributed by atoms with Crippen LogP contribution in [0.25, 0.3) is 10.2 Å². The second-order valence-corrected chi connectivity index (χ2v) is 8.24. The van der Waals surface area contributed by atoms with Gasteiger partial charge in [0, 0.05) is 18.0 Å². The molecule has 27 heavy (non-hydrogen) atoms. The number of thioether (sulfide) groups is 1. The summed E-state index contributed by atoms with van der Waals surface area (Å²) < 4.78 is 1.11. The van der Waals surface area contributed by atoms with Crippen LogP contribution in [0.2, 0.25) is 0 Å². The molecule has 0 bridgehead atoms. The van der Waals surface area contributed by atoms with Gasteiger partial charge >= 0.3 is 0 Å². The van der Waals surface area contributed by atoms with Gasteiger partial charge in [0.1, 0.15) is 0 Å². The fourth-order valence-corrected chi connectivity index (χ4v) is 4.40. The quantitative estimate of drug-likeness (QED) is 0.527. The molecule has 3 aromatic rings. The van der Waals surface area contributed by atoms with E-state index in [1.807, 2.05) is 55.6 Å². The molecule has 1 heterocycles. The average Bonchev–Trinajstić information content (AvgIpc) is 3.06. The first-order valence-electron chi connectivity index (χ1n) is 8.47. The number of aromatic nitrogens is 1. The van der Waals surface area contributed by atoms with Crippen LogP contribution < -0.4 is 4.90 Å². The predicted molar refractivity (Wildman–Crippen MR) is 120 cm³/mol. The van der Waals surface area contributed by atoms with E-state index in [2.05, 4.69) is 24.0 Å². The highest BCUT2D eigenvalue weighted by Crippen LogP contribution is 2.32. The Bertz CT molecular complexity index is 926. The summed E-state index contributed by atoms with van der Waals surface area (Å²) in [6, 6.07) is 13.9. The van der Waals surface area contributed by atoms with Crippen molar-refractivity contribution >= 4 is 56.8 Å². The summed E-state index contributed by atoms with van der Waals surface area (Å²) in [4.78, 5) is 23.0. The summed E-state index contributed by atoms with van der Waals surface area (Å²) in [7, 11) is 4.03. The van der Waals surface area contributed by atoms with Gasteiger partial charge < -0.3 is 4.90 Å². The number of carbonyl (C=O) groups is 1. The Morgan fingerprint density at radius 2 is 1.85 bits per heavy atom. The number of amides is 1. The van der Waals surface area contributed by atoms with E-state index < -0.39 is 0 Å². The number of aryl methyl sites for hydroxylation is 1. The van der Waals surface area contributed by atoms with Crippen molar-refractivity contribution in [3.05, 3.63) is 53.6 Å². The van der Waals surface area contributed by atoms with Crippen molar-refractivity contribution in [1.29, 1.82) is 0 Å². The molecule has 4 nitrogen and oxygen atoms in total. The molecule has 144 valence electrons. The van der Waals surface area contributed by atoms with Gasteiger partial charge in [-0.2, -0.15) is 0 Å². The highest BCUT2D eigenvalue weighted by molar-refractivity contribution is 7.98. The van der Waals surface area contributed by atoms with E-state index in [1.54, 1.807) is 23.1 Å². The first-order chi connectivity index (χ1) is 12.5. The van der Waals surface area contributed by atoms with Crippen molar-refractivity contribution in [3.63, 3.8) is 0 Å². The van der Waals surface area contributed by atoms with E-state index in [0.29, 0.717) is 6.54 Å². The minimum Gasteiger partial charge on any atom is -0.308 e. The molecule has 0 N–H and O–H groups in total. The van der Waals surface area contributed by atoms with Crippen molar-refractivity contribution in [2.24, 2.45) is 0 Å². The molecule has 0 aliphatic rings. The highest BCUT2D eigenvalue weighted by atomic mass is 35.5. The maximum Gasteiger partial charge on any atom is 0.261 e. The molecular weight excluding hydrogens is 398 g/mol. The van der Waals surface area contributed by atoms with Gasteiger partial charge in [0.15, 0.2) is 5.13 Å². The van der Waals surface area contributed by atoms with Gasteiger partial charge in [-0.05, 0) is 51.0 Å². The maximum atomic E-state index is 13.4. The molecule has 0 spiro atoms. The minimum absolute atomic E-state index is 0. The number of halogens is 1. The number of hydrogen-bond acceptors (Lipinski definition) is 5. The molecule has 2 aromatic carbocycles. The Morgan fingerprint density at radius 1 is 1.11 bits per heavy atom. The molecule has 0 fully saturated rings. The number of rotatable bonds is 6. The molecule has 0 unspecified atom stereocenters. The van der Waals surface area contributed by atoms with Crippen molar-refractivity contribution in [2.45, 2.75) is 11.8 Å². The van der Waals surface area contributed by atoms with Crippen LogP contribution in [0.15, 0.2) is 47.4 Å². The normalized spacial score (nSPS) is 10.9. The van der Waals surface area contributed by atoms with Gasteiger partial charge in [-0.3, -0.25) is 9.69 Å². The number of nitrogens with zero attached hydrogens (tertiary/aromatic N) is 3. The van der Waals surface area contributed by atoms with Crippen LogP contribution in [0.3, 0.4) is 0 Å². The standard InChI is InChI=1S/C20H23N3OS2.ClH/c1-14-8-7-11-17-18(14)21-20(26-17)23(13-12-22(2)3)19(24)15-9-5-6-10-16(15)25-4;/h5-11H,12-13H2,1-4H3;1H. The number of fused-ring (bicyclic) bond motifs is 1. The van der Waals surface area contributed by atoms with Gasteiger partial charge in [-0.1, -0.05) is 35.6 Å². The molecular formula is C20H24ClN3OS2. The smallest absolute Gasteiger partial charge is 0.261 e. The van der Waals surface area contributed by atoms with Crippen LogP contribution >= 0.6 is 35.5 Å². The number of benzene rings is 2. The molecule has 0 aliphatic heterocycles. The molecule has 0 saturated heterocycles. The van der Waals surface area contributed by atoms with Crippen LogP contribution in [0.1, 0.15) is 15.9 Å². The predicted octanol–water partition coefficient (Wildman–Crippen LogP) is 4.96. The first kappa shape index (κ1) is 21.7. The third-order valence-corrected chi connectivity index (χ3v) is 6.03. The summed E-state index contributed by atoms with van der Waals surface area (Å²) in [6.07, 6.45) is 2.00. The summed E-state index contributed by atoms with van der Waals surface area (Å²) in [5, 5.41) is 0.761. The van der Waals surface area contributed by atoms with Crippen molar-refractivity contribution in [3.8, 4) is 0 Å². The zero-order valence-electron chi connectivity index (χ0n) is 15.9. The fourth-order valence-electron chi connectivity index (χ4n) is 2.74. The molecule has 0 aliphatic carbocycles. The maximum absolute atomic E-state index is 13.4. The number of hydrogen-bond donors (Lipinski definition) is 0. The lowest BCUT2D eigenvalue weighted by Crippen LogP contribution is -2.37. The van der Waals surface area contributed by atoms with Gasteiger partial charge in [0.25, 0.3) is 5.91 Å². The lowest BCUT2D eigenvalue weighted by atomic mass is 10.2. The average molecular weight is 422 g/mol. The minimum atomic E-state index is 0. The molecule has 0 atom stereocenters. The fraction of sp³-hybridized carbons (Fsp3) is 0.300. The molecule has 0 radical (unpaired) electrons. The number of anilines is 1. The SMILES string of the molecule is CSc1ccccc1C(=O)N(CCN(C)C)c1nc2c(C)cccc2s1.Cl. The molecule has 0 saturated carbocycles. The number of carbonyl (C=O) groups excluding carboxylic acids is 1. The van der Waals surface area contributed by atoms with Crippen LogP contribution in [-0.4, -0.2) is 49.2 Å². The van der Waals surface area contributed by atoms with Gasteiger partial charge in [-0.25, -0.2) is 4.98 Å². The second kappa shape index (κ2) is 9.55. The van der Waals surface area contributed by atoms with Crippen molar-refractivity contribution < 1.29 is 4.79 Å². The molecule has 7 heteroatoms. The molecule has 3 rings (SSSR count). The van der Waals surface area contributed by atoms with Gasteiger partial charge in [-0.15, -0.1) is 24.2 Å². The van der Waals surface area contributed by atoms with E-state index in [4.69, 9.17) is 4.98 Å². The summed E-state index contributed by atoms with van der Waals surface area (Å²) >= 11 is 3.17. The van der Waals surface area contributed by atoms with E-state index in [1.165, 1.54) is 0 Å². The van der Waals surface area contributed by atoms with E-state index in [9.17, 15) is 4.79 Å². The number of thiazole rings is 1.